The molecule has 25 heavy (non-hydrogen) atoms. The minimum absolute atomic E-state index is 0.0957. The van der Waals surface area contributed by atoms with E-state index in [2.05, 4.69) is 10.2 Å². The van der Waals surface area contributed by atoms with Crippen molar-refractivity contribution in [2.24, 2.45) is 0 Å². The van der Waals surface area contributed by atoms with Crippen molar-refractivity contribution in [1.29, 1.82) is 0 Å². The highest BCUT2D eigenvalue weighted by Crippen LogP contribution is 2.37. The summed E-state index contributed by atoms with van der Waals surface area (Å²) in [7, 11) is 0. The molecule has 5 heteroatoms. The molecule has 1 aliphatic rings. The highest BCUT2D eigenvalue weighted by Gasteiger charge is 2.24. The third-order valence-electron chi connectivity index (χ3n) is 4.98. The summed E-state index contributed by atoms with van der Waals surface area (Å²) in [5.74, 6) is -0.0957. The molecule has 5 nitrogen and oxygen atoms in total. The molecule has 0 unspecified atom stereocenters. The summed E-state index contributed by atoms with van der Waals surface area (Å²) in [6.45, 7) is 6.33. The van der Waals surface area contributed by atoms with E-state index in [0.717, 1.165) is 23.5 Å². The number of hydroxylamine groups is 3. The molecule has 2 aromatic carbocycles. The van der Waals surface area contributed by atoms with Gasteiger partial charge in [-0.2, -0.15) is 0 Å². The molecular weight excluding hydrogens is 314 g/mol. The van der Waals surface area contributed by atoms with Gasteiger partial charge in [-0.25, -0.2) is 0 Å². The molecule has 1 aliphatic heterocycles. The van der Waals surface area contributed by atoms with Crippen molar-refractivity contribution < 1.29 is 9.44 Å². The summed E-state index contributed by atoms with van der Waals surface area (Å²) in [6, 6.07) is 15.4. The molecular formula is C20H25N3O2. The highest BCUT2D eigenvalue weighted by molar-refractivity contribution is 6.12. The first-order chi connectivity index (χ1) is 12.1. The predicted molar refractivity (Wildman–Crippen MR) is 102 cm³/mol. The first kappa shape index (κ1) is 17.5. The van der Waals surface area contributed by atoms with Crippen LogP contribution < -0.4 is 10.2 Å². The number of anilines is 3. The number of benzene rings is 2. The fourth-order valence-corrected chi connectivity index (χ4v) is 3.33. The maximum Gasteiger partial charge on any atom is 0.257 e. The van der Waals surface area contributed by atoms with Crippen LogP contribution >= 0.6 is 0 Å². The van der Waals surface area contributed by atoms with Crippen LogP contribution in [0.3, 0.4) is 0 Å². The van der Waals surface area contributed by atoms with Gasteiger partial charge in [0.25, 0.3) is 5.91 Å². The van der Waals surface area contributed by atoms with Gasteiger partial charge in [-0.3, -0.25) is 4.79 Å². The number of rotatable bonds is 6. The van der Waals surface area contributed by atoms with Crippen LogP contribution in [0.4, 0.5) is 17.1 Å². The van der Waals surface area contributed by atoms with Crippen molar-refractivity contribution in [2.75, 3.05) is 36.4 Å². The molecule has 0 bridgehead atoms. The second kappa shape index (κ2) is 7.25. The Bertz CT molecular complexity index is 756. The van der Waals surface area contributed by atoms with Crippen molar-refractivity contribution in [3.63, 3.8) is 0 Å². The highest BCUT2D eigenvalue weighted by atomic mass is 16.5. The van der Waals surface area contributed by atoms with Gasteiger partial charge in [0.15, 0.2) is 0 Å². The number of quaternary nitrogens is 1. The standard InChI is InChI=1S/C20H25N3O2/c1-3-23(25,4-2)15-9-14-22-18-12-7-5-10-16(18)20(24)21-17-11-6-8-13-19(17)22/h5-8,10-13H,3-4,9,14-15H2,1-2H3,(H,21,24). The zero-order valence-electron chi connectivity index (χ0n) is 14.9. The number of fused-ring (bicyclic) bond motifs is 2. The smallest absolute Gasteiger partial charge is 0.257 e. The van der Waals surface area contributed by atoms with E-state index in [1.54, 1.807) is 0 Å². The number of para-hydroxylation sites is 3. The Hall–Kier alpha value is -2.37. The summed E-state index contributed by atoms with van der Waals surface area (Å²) in [5, 5.41) is 15.5. The fourth-order valence-electron chi connectivity index (χ4n) is 3.33. The van der Waals surface area contributed by atoms with Crippen LogP contribution in [-0.4, -0.2) is 36.7 Å². The van der Waals surface area contributed by atoms with Gasteiger partial charge in [0.05, 0.1) is 42.3 Å². The number of hydrogen-bond acceptors (Lipinski definition) is 3. The normalized spacial score (nSPS) is 13.7. The lowest BCUT2D eigenvalue weighted by Gasteiger charge is -2.41. The number of hydrogen-bond donors (Lipinski definition) is 1. The average molecular weight is 339 g/mol. The molecule has 0 spiro atoms. The lowest BCUT2D eigenvalue weighted by atomic mass is 10.1. The van der Waals surface area contributed by atoms with Gasteiger partial charge < -0.3 is 20.1 Å². The third kappa shape index (κ3) is 3.52. The molecule has 0 atom stereocenters. The molecule has 0 radical (unpaired) electrons. The maximum atomic E-state index is 12.5. The minimum Gasteiger partial charge on any atom is -0.633 e. The average Bonchev–Trinajstić information content (AvgIpc) is 2.77. The molecule has 132 valence electrons. The van der Waals surface area contributed by atoms with Crippen LogP contribution in [0.2, 0.25) is 0 Å². The fraction of sp³-hybridized carbons (Fsp3) is 0.350. The molecule has 1 amide bonds. The van der Waals surface area contributed by atoms with Gasteiger partial charge in [-0.05, 0) is 38.1 Å². The van der Waals surface area contributed by atoms with E-state index < -0.39 is 0 Å². The van der Waals surface area contributed by atoms with Gasteiger partial charge in [0.2, 0.25) is 0 Å². The molecule has 0 saturated heterocycles. The molecule has 0 fully saturated rings. The molecule has 0 aliphatic carbocycles. The number of amides is 1. The van der Waals surface area contributed by atoms with E-state index in [-0.39, 0.29) is 10.6 Å². The lowest BCUT2D eigenvalue weighted by molar-refractivity contribution is -0.877. The Labute approximate surface area is 149 Å². The monoisotopic (exact) mass is 339 g/mol. The summed E-state index contributed by atoms with van der Waals surface area (Å²) in [6.07, 6.45) is 0.766. The number of nitrogens with one attached hydrogen (secondary N) is 1. The largest absolute Gasteiger partial charge is 0.633 e. The van der Waals surface area contributed by atoms with E-state index in [0.29, 0.717) is 31.7 Å². The van der Waals surface area contributed by atoms with E-state index in [1.807, 2.05) is 62.4 Å². The Morgan fingerprint density at radius 1 is 1.00 bits per heavy atom. The van der Waals surface area contributed by atoms with Crippen molar-refractivity contribution in [1.82, 2.24) is 0 Å². The van der Waals surface area contributed by atoms with Gasteiger partial charge in [0, 0.05) is 13.0 Å². The van der Waals surface area contributed by atoms with Gasteiger partial charge in [-0.15, -0.1) is 0 Å². The SMILES string of the molecule is CC[N+]([O-])(CC)CCCN1c2ccccc2NC(=O)c2ccccc21. The first-order valence-electron chi connectivity index (χ1n) is 8.92. The van der Waals surface area contributed by atoms with Crippen molar-refractivity contribution in [2.45, 2.75) is 20.3 Å². The minimum atomic E-state index is -0.172. The summed E-state index contributed by atoms with van der Waals surface area (Å²) in [4.78, 5) is 14.7. The van der Waals surface area contributed by atoms with E-state index in [4.69, 9.17) is 0 Å². The molecule has 0 saturated carbocycles. The second-order valence-corrected chi connectivity index (χ2v) is 6.41. The predicted octanol–water partition coefficient (Wildman–Crippen LogP) is 4.13. The van der Waals surface area contributed by atoms with Gasteiger partial charge >= 0.3 is 0 Å². The topological polar surface area (TPSA) is 55.4 Å². The molecule has 2 aromatic rings. The summed E-state index contributed by atoms with van der Waals surface area (Å²) in [5.41, 5.74) is 3.32. The van der Waals surface area contributed by atoms with Crippen LogP contribution in [0, 0.1) is 5.21 Å². The van der Waals surface area contributed by atoms with E-state index in [9.17, 15) is 10.0 Å². The van der Waals surface area contributed by atoms with Crippen LogP contribution in [0.1, 0.15) is 30.6 Å². The second-order valence-electron chi connectivity index (χ2n) is 6.41. The van der Waals surface area contributed by atoms with Crippen LogP contribution in [-0.2, 0) is 0 Å². The lowest BCUT2D eigenvalue weighted by Crippen LogP contribution is -2.43. The van der Waals surface area contributed by atoms with Crippen LogP contribution in [0.5, 0.6) is 0 Å². The number of carbonyl (C=O) groups excluding carboxylic acids is 1. The number of carbonyl (C=O) groups is 1. The Kier molecular flexibility index (Phi) is 5.06. The van der Waals surface area contributed by atoms with Crippen molar-refractivity contribution in [3.05, 3.63) is 59.3 Å². The quantitative estimate of drug-likeness (QED) is 0.636. The van der Waals surface area contributed by atoms with Crippen molar-refractivity contribution >= 4 is 23.0 Å². The third-order valence-corrected chi connectivity index (χ3v) is 4.98. The summed E-state index contributed by atoms with van der Waals surface area (Å²) >= 11 is 0. The Morgan fingerprint density at radius 2 is 1.64 bits per heavy atom. The number of nitrogens with zero attached hydrogens (tertiary/aromatic N) is 2. The molecule has 1 heterocycles. The van der Waals surface area contributed by atoms with Gasteiger partial charge in [-0.1, -0.05) is 24.3 Å². The van der Waals surface area contributed by atoms with Gasteiger partial charge in [0.1, 0.15) is 0 Å². The molecule has 0 aromatic heterocycles. The Morgan fingerprint density at radius 3 is 2.36 bits per heavy atom. The zero-order chi connectivity index (χ0) is 17.9. The Balaban J connectivity index is 1.92. The van der Waals surface area contributed by atoms with Crippen LogP contribution in [0.15, 0.2) is 48.5 Å². The van der Waals surface area contributed by atoms with Crippen LogP contribution in [0.25, 0.3) is 0 Å². The molecule has 1 N–H and O–H groups in total. The first-order valence-corrected chi connectivity index (χ1v) is 8.92. The zero-order valence-corrected chi connectivity index (χ0v) is 14.9. The maximum absolute atomic E-state index is 12.5. The summed E-state index contributed by atoms with van der Waals surface area (Å²) < 4.78 is -0.172. The molecule has 3 rings (SSSR count). The van der Waals surface area contributed by atoms with E-state index in [1.165, 1.54) is 0 Å². The van der Waals surface area contributed by atoms with Crippen molar-refractivity contribution in [3.8, 4) is 0 Å². The van der Waals surface area contributed by atoms with E-state index >= 15 is 0 Å².